The number of hydrogen-bond donors (Lipinski definition) is 1. The Kier molecular flexibility index (Phi) is 4.45. The van der Waals surface area contributed by atoms with Crippen LogP contribution < -0.4 is 0 Å². The second-order valence-corrected chi connectivity index (χ2v) is 5.10. The van der Waals surface area contributed by atoms with Crippen molar-refractivity contribution < 1.29 is 9.72 Å². The molecular formula is C12H15ClN6O3. The quantitative estimate of drug-likeness (QED) is 0.665. The summed E-state index contributed by atoms with van der Waals surface area (Å²) in [5.74, 6) is -0.994. The fourth-order valence-corrected chi connectivity index (χ4v) is 2.28. The van der Waals surface area contributed by atoms with Gasteiger partial charge in [-0.25, -0.2) is 0 Å². The molecule has 0 fully saturated rings. The molecule has 0 saturated carbocycles. The molecule has 22 heavy (non-hydrogen) atoms. The van der Waals surface area contributed by atoms with E-state index in [1.807, 2.05) is 18.5 Å². The molecule has 0 aliphatic rings. The zero-order valence-electron chi connectivity index (χ0n) is 12.3. The van der Waals surface area contributed by atoms with Crippen LogP contribution in [-0.4, -0.2) is 42.8 Å². The molecule has 0 bridgehead atoms. The van der Waals surface area contributed by atoms with Crippen molar-refractivity contribution in [2.45, 2.75) is 26.9 Å². The van der Waals surface area contributed by atoms with Crippen LogP contribution in [0.5, 0.6) is 0 Å². The van der Waals surface area contributed by atoms with Gasteiger partial charge in [0.25, 0.3) is 5.91 Å². The lowest BCUT2D eigenvalue weighted by atomic mass is 10.2. The zero-order valence-corrected chi connectivity index (χ0v) is 13.1. The molecule has 2 aromatic heterocycles. The fourth-order valence-electron chi connectivity index (χ4n) is 2.05. The maximum atomic E-state index is 12.3. The summed E-state index contributed by atoms with van der Waals surface area (Å²) in [5.41, 5.74) is 1.68. The molecule has 0 spiro atoms. The number of halogens is 1. The van der Waals surface area contributed by atoms with Gasteiger partial charge in [-0.1, -0.05) is 16.7 Å². The SMILES string of the molecule is CCn1ncc(CN(C)C(=O)c2n[nH]c([N+](=O)[O-])c2Cl)c1C. The van der Waals surface area contributed by atoms with Crippen LogP contribution in [0.2, 0.25) is 5.02 Å². The lowest BCUT2D eigenvalue weighted by Gasteiger charge is -2.15. The fraction of sp³-hybridized carbons (Fsp3) is 0.417. The number of carbonyl (C=O) groups is 1. The Morgan fingerprint density at radius 2 is 2.27 bits per heavy atom. The summed E-state index contributed by atoms with van der Waals surface area (Å²) in [6.07, 6.45) is 1.69. The minimum Gasteiger partial charge on any atom is -0.358 e. The Labute approximate surface area is 131 Å². The number of nitro groups is 1. The van der Waals surface area contributed by atoms with Crippen molar-refractivity contribution in [3.8, 4) is 0 Å². The van der Waals surface area contributed by atoms with Crippen LogP contribution in [0.25, 0.3) is 0 Å². The predicted octanol–water partition coefficient (Wildman–Crippen LogP) is 1.77. The maximum Gasteiger partial charge on any atom is 0.362 e. The summed E-state index contributed by atoms with van der Waals surface area (Å²) in [5, 5.41) is 20.4. The number of aryl methyl sites for hydroxylation is 1. The van der Waals surface area contributed by atoms with Gasteiger partial charge < -0.3 is 15.0 Å². The van der Waals surface area contributed by atoms with E-state index < -0.39 is 16.6 Å². The molecule has 9 nitrogen and oxygen atoms in total. The monoisotopic (exact) mass is 326 g/mol. The number of H-pyrrole nitrogens is 1. The van der Waals surface area contributed by atoms with Crippen molar-refractivity contribution in [3.63, 3.8) is 0 Å². The summed E-state index contributed by atoms with van der Waals surface area (Å²) >= 11 is 5.82. The second-order valence-electron chi connectivity index (χ2n) is 4.72. The van der Waals surface area contributed by atoms with Gasteiger partial charge in [0.1, 0.15) is 0 Å². The third kappa shape index (κ3) is 2.80. The molecular weight excluding hydrogens is 312 g/mol. The van der Waals surface area contributed by atoms with Crippen LogP contribution >= 0.6 is 11.6 Å². The average molecular weight is 327 g/mol. The first-order chi connectivity index (χ1) is 10.4. The number of aromatic amines is 1. The van der Waals surface area contributed by atoms with Gasteiger partial charge in [0, 0.05) is 31.4 Å². The van der Waals surface area contributed by atoms with Gasteiger partial charge in [0.05, 0.1) is 6.20 Å². The number of carbonyl (C=O) groups excluding carboxylic acids is 1. The highest BCUT2D eigenvalue weighted by atomic mass is 35.5. The molecule has 0 aliphatic heterocycles. The van der Waals surface area contributed by atoms with E-state index in [1.165, 1.54) is 4.90 Å². The zero-order chi connectivity index (χ0) is 16.4. The van der Waals surface area contributed by atoms with Gasteiger partial charge in [-0.2, -0.15) is 5.10 Å². The van der Waals surface area contributed by atoms with Crippen molar-refractivity contribution in [2.75, 3.05) is 7.05 Å². The molecule has 0 saturated heterocycles. The molecule has 0 atom stereocenters. The highest BCUT2D eigenvalue weighted by Gasteiger charge is 2.27. The van der Waals surface area contributed by atoms with Crippen LogP contribution in [0.1, 0.15) is 28.7 Å². The average Bonchev–Trinajstić information content (AvgIpc) is 3.02. The standard InChI is InChI=1S/C12H15ClN6O3/c1-4-18-7(2)8(5-14-18)6-17(3)12(20)10-9(13)11(16-15-10)19(21)22/h5H,4,6H2,1-3H3,(H,15,16). The molecule has 2 rings (SSSR count). The smallest absolute Gasteiger partial charge is 0.358 e. The first-order valence-electron chi connectivity index (χ1n) is 6.51. The normalized spacial score (nSPS) is 10.7. The van der Waals surface area contributed by atoms with Crippen LogP contribution in [0.3, 0.4) is 0 Å². The number of nitrogens with zero attached hydrogens (tertiary/aromatic N) is 5. The first kappa shape index (κ1) is 16.0. The van der Waals surface area contributed by atoms with Crippen molar-refractivity contribution >= 4 is 23.3 Å². The minimum absolute atomic E-state index is 0.170. The van der Waals surface area contributed by atoms with Gasteiger partial charge in [0.2, 0.25) is 0 Å². The summed E-state index contributed by atoms with van der Waals surface area (Å²) in [7, 11) is 1.57. The van der Waals surface area contributed by atoms with E-state index in [1.54, 1.807) is 13.2 Å². The maximum absolute atomic E-state index is 12.3. The van der Waals surface area contributed by atoms with Gasteiger partial charge >= 0.3 is 5.82 Å². The van der Waals surface area contributed by atoms with Crippen LogP contribution in [0.15, 0.2) is 6.20 Å². The number of nitrogens with one attached hydrogen (secondary N) is 1. The Balaban J connectivity index is 2.19. The second kappa shape index (κ2) is 6.14. The minimum atomic E-state index is -0.721. The Hall–Kier alpha value is -2.42. The van der Waals surface area contributed by atoms with Gasteiger partial charge in [-0.05, 0) is 18.8 Å². The van der Waals surface area contributed by atoms with E-state index in [4.69, 9.17) is 11.6 Å². The largest absolute Gasteiger partial charge is 0.362 e. The first-order valence-corrected chi connectivity index (χ1v) is 6.89. The molecule has 0 aliphatic carbocycles. The number of rotatable bonds is 5. The van der Waals surface area contributed by atoms with E-state index in [-0.39, 0.29) is 10.7 Å². The predicted molar refractivity (Wildman–Crippen MR) is 78.7 cm³/mol. The van der Waals surface area contributed by atoms with Crippen molar-refractivity contribution in [1.82, 2.24) is 24.9 Å². The van der Waals surface area contributed by atoms with Crippen LogP contribution in [0.4, 0.5) is 5.82 Å². The van der Waals surface area contributed by atoms with E-state index in [0.29, 0.717) is 6.54 Å². The van der Waals surface area contributed by atoms with E-state index in [2.05, 4.69) is 15.3 Å². The van der Waals surface area contributed by atoms with Gasteiger partial charge in [-0.15, -0.1) is 5.10 Å². The topological polar surface area (TPSA) is 110 Å². The van der Waals surface area contributed by atoms with E-state index >= 15 is 0 Å². The van der Waals surface area contributed by atoms with Crippen LogP contribution in [0, 0.1) is 17.0 Å². The summed E-state index contributed by atoms with van der Waals surface area (Å²) in [4.78, 5) is 23.7. The van der Waals surface area contributed by atoms with Crippen molar-refractivity contribution in [1.29, 1.82) is 0 Å². The lowest BCUT2D eigenvalue weighted by molar-refractivity contribution is -0.389. The molecule has 2 aromatic rings. The number of hydrogen-bond acceptors (Lipinski definition) is 5. The molecule has 2 heterocycles. The number of amides is 1. The highest BCUT2D eigenvalue weighted by Crippen LogP contribution is 2.26. The van der Waals surface area contributed by atoms with E-state index in [9.17, 15) is 14.9 Å². The summed E-state index contributed by atoms with van der Waals surface area (Å²) in [6, 6.07) is 0. The third-order valence-electron chi connectivity index (χ3n) is 3.33. The van der Waals surface area contributed by atoms with Crippen molar-refractivity contribution in [2.24, 2.45) is 0 Å². The molecule has 10 heteroatoms. The summed E-state index contributed by atoms with van der Waals surface area (Å²) in [6.45, 7) is 4.93. The third-order valence-corrected chi connectivity index (χ3v) is 3.69. The van der Waals surface area contributed by atoms with Crippen LogP contribution in [-0.2, 0) is 13.1 Å². The Morgan fingerprint density at radius 1 is 1.59 bits per heavy atom. The molecule has 0 aromatic carbocycles. The number of aromatic nitrogens is 4. The molecule has 1 N–H and O–H groups in total. The lowest BCUT2D eigenvalue weighted by Crippen LogP contribution is -2.27. The van der Waals surface area contributed by atoms with Crippen molar-refractivity contribution in [3.05, 3.63) is 38.3 Å². The van der Waals surface area contributed by atoms with E-state index in [0.717, 1.165) is 17.8 Å². The van der Waals surface area contributed by atoms with Gasteiger partial charge in [0.15, 0.2) is 10.7 Å². The molecule has 1 amide bonds. The van der Waals surface area contributed by atoms with Gasteiger partial charge in [-0.3, -0.25) is 9.48 Å². The Bertz CT molecular complexity index is 723. The molecule has 118 valence electrons. The highest BCUT2D eigenvalue weighted by molar-refractivity contribution is 6.35. The Morgan fingerprint density at radius 3 is 2.77 bits per heavy atom. The molecule has 0 radical (unpaired) electrons. The summed E-state index contributed by atoms with van der Waals surface area (Å²) < 4.78 is 1.82. The molecule has 0 unspecified atom stereocenters.